The van der Waals surface area contributed by atoms with Gasteiger partial charge in [0.05, 0.1) is 4.92 Å². The van der Waals surface area contributed by atoms with Crippen LogP contribution >= 0.6 is 11.8 Å². The van der Waals surface area contributed by atoms with Gasteiger partial charge in [-0.1, -0.05) is 32.0 Å². The monoisotopic (exact) mass is 305 g/mol. The molecule has 3 nitrogen and oxygen atoms in total. The van der Waals surface area contributed by atoms with Gasteiger partial charge in [0, 0.05) is 16.7 Å². The molecule has 0 aliphatic rings. The summed E-state index contributed by atoms with van der Waals surface area (Å²) >= 11 is 1.58. The molecule has 0 fully saturated rings. The number of hydrogen-bond acceptors (Lipinski definition) is 3. The Labute approximate surface area is 127 Å². The Morgan fingerprint density at radius 2 is 1.86 bits per heavy atom. The summed E-state index contributed by atoms with van der Waals surface area (Å²) in [6.45, 7) is 4.28. The molecule has 0 atom stereocenters. The Morgan fingerprint density at radius 3 is 2.38 bits per heavy atom. The highest BCUT2D eigenvalue weighted by molar-refractivity contribution is 7.98. The third-order valence-electron chi connectivity index (χ3n) is 3.16. The first kappa shape index (κ1) is 15.5. The van der Waals surface area contributed by atoms with Gasteiger partial charge in [0.25, 0.3) is 0 Å². The lowest BCUT2D eigenvalue weighted by Gasteiger charge is -2.07. The van der Waals surface area contributed by atoms with Crippen molar-refractivity contribution in [3.63, 3.8) is 0 Å². The summed E-state index contributed by atoms with van der Waals surface area (Å²) in [4.78, 5) is 10.9. The van der Waals surface area contributed by atoms with E-state index in [0.29, 0.717) is 11.7 Å². The van der Waals surface area contributed by atoms with Crippen LogP contribution in [0.25, 0.3) is 0 Å². The van der Waals surface area contributed by atoms with E-state index in [1.807, 2.05) is 12.1 Å². The van der Waals surface area contributed by atoms with Gasteiger partial charge in [0.1, 0.15) is 0 Å². The van der Waals surface area contributed by atoms with Crippen LogP contribution in [0.5, 0.6) is 0 Å². The van der Waals surface area contributed by atoms with E-state index in [-0.39, 0.29) is 0 Å². The van der Waals surface area contributed by atoms with Gasteiger partial charge in [-0.25, -0.2) is 0 Å². The van der Waals surface area contributed by atoms with Crippen molar-refractivity contribution in [2.75, 3.05) is 0 Å². The maximum Gasteiger partial charge on any atom is 0.304 e. The molecule has 0 aliphatic heterocycles. The number of nitro groups is 1. The molecule has 0 heterocycles. The van der Waals surface area contributed by atoms with Gasteiger partial charge in [-0.15, -0.1) is 11.8 Å². The van der Waals surface area contributed by atoms with E-state index in [0.717, 1.165) is 10.5 Å². The van der Waals surface area contributed by atoms with Crippen molar-refractivity contribution >= 4 is 17.4 Å². The van der Waals surface area contributed by atoms with Gasteiger partial charge < -0.3 is 0 Å². The summed E-state index contributed by atoms with van der Waals surface area (Å²) in [5.74, 6) is 0.289. The van der Waals surface area contributed by atoms with Crippen molar-refractivity contribution in [3.8, 4) is 0 Å². The van der Waals surface area contributed by atoms with E-state index in [1.165, 1.54) is 17.7 Å². The lowest BCUT2D eigenvalue weighted by atomic mass is 10.0. The molecule has 21 heavy (non-hydrogen) atoms. The highest BCUT2D eigenvalue weighted by Crippen LogP contribution is 2.26. The summed E-state index contributed by atoms with van der Waals surface area (Å²) in [7, 11) is 0. The molecule has 0 aliphatic carbocycles. The molecule has 5 heteroatoms. The van der Waals surface area contributed by atoms with Crippen LogP contribution in [-0.2, 0) is 5.75 Å². The number of rotatable bonds is 5. The molecular weight excluding hydrogens is 289 g/mol. The molecule has 110 valence electrons. The maximum absolute atomic E-state index is 13.5. The van der Waals surface area contributed by atoms with Crippen LogP contribution in [0.3, 0.4) is 0 Å². The fraction of sp³-hybridized carbons (Fsp3) is 0.250. The SMILES string of the molecule is CC(C)c1ccc(SCc2ccc([N+](=O)[O-])c(F)c2)cc1. The predicted octanol–water partition coefficient (Wildman–Crippen LogP) is 5.15. The number of nitro benzene ring substituents is 1. The first-order valence-electron chi connectivity index (χ1n) is 6.63. The molecule has 0 saturated heterocycles. The predicted molar refractivity (Wildman–Crippen MR) is 83.1 cm³/mol. The molecule has 0 saturated carbocycles. The smallest absolute Gasteiger partial charge is 0.258 e. The number of benzene rings is 2. The number of thioether (sulfide) groups is 1. The van der Waals surface area contributed by atoms with Crippen LogP contribution in [0, 0.1) is 15.9 Å². The summed E-state index contributed by atoms with van der Waals surface area (Å²) in [5.41, 5.74) is 1.53. The fourth-order valence-corrected chi connectivity index (χ4v) is 2.75. The normalized spacial score (nSPS) is 10.9. The Balaban J connectivity index is 2.03. The van der Waals surface area contributed by atoms with Gasteiger partial charge in [0.15, 0.2) is 0 Å². The minimum Gasteiger partial charge on any atom is -0.258 e. The molecule has 0 aromatic heterocycles. The van der Waals surface area contributed by atoms with Crippen molar-refractivity contribution in [1.29, 1.82) is 0 Å². The van der Waals surface area contributed by atoms with Crippen LogP contribution in [0.1, 0.15) is 30.9 Å². The van der Waals surface area contributed by atoms with Gasteiger partial charge in [-0.2, -0.15) is 4.39 Å². The lowest BCUT2D eigenvalue weighted by molar-refractivity contribution is -0.387. The first-order valence-corrected chi connectivity index (χ1v) is 7.61. The average Bonchev–Trinajstić information content (AvgIpc) is 2.45. The second kappa shape index (κ2) is 6.72. The second-order valence-corrected chi connectivity index (χ2v) is 6.10. The zero-order valence-electron chi connectivity index (χ0n) is 11.9. The molecular formula is C16H16FNO2S. The minimum absolute atomic E-state index is 0.481. The summed E-state index contributed by atoms with van der Waals surface area (Å²) < 4.78 is 13.5. The molecule has 2 rings (SSSR count). The third-order valence-corrected chi connectivity index (χ3v) is 4.24. The number of halogens is 1. The summed E-state index contributed by atoms with van der Waals surface area (Å²) in [6, 6.07) is 12.3. The highest BCUT2D eigenvalue weighted by Gasteiger charge is 2.13. The zero-order chi connectivity index (χ0) is 15.4. The van der Waals surface area contributed by atoms with Crippen molar-refractivity contribution in [1.82, 2.24) is 0 Å². The van der Waals surface area contributed by atoms with E-state index in [9.17, 15) is 14.5 Å². The van der Waals surface area contributed by atoms with E-state index >= 15 is 0 Å². The molecule has 0 amide bonds. The average molecular weight is 305 g/mol. The van der Waals surface area contributed by atoms with Gasteiger partial charge >= 0.3 is 5.69 Å². The van der Waals surface area contributed by atoms with Crippen LogP contribution in [-0.4, -0.2) is 4.92 Å². The zero-order valence-corrected chi connectivity index (χ0v) is 12.7. The first-order chi connectivity index (χ1) is 9.97. The maximum atomic E-state index is 13.5. The Hall–Kier alpha value is -1.88. The Kier molecular flexibility index (Phi) is 4.96. The van der Waals surface area contributed by atoms with Crippen molar-refractivity contribution in [2.24, 2.45) is 0 Å². The molecule has 0 unspecified atom stereocenters. The summed E-state index contributed by atoms with van der Waals surface area (Å²) in [6.07, 6.45) is 0. The van der Waals surface area contributed by atoms with E-state index in [2.05, 4.69) is 26.0 Å². The summed E-state index contributed by atoms with van der Waals surface area (Å²) in [5, 5.41) is 10.6. The minimum atomic E-state index is -0.784. The van der Waals surface area contributed by atoms with Gasteiger partial charge in [0.2, 0.25) is 5.82 Å². The van der Waals surface area contributed by atoms with E-state index in [4.69, 9.17) is 0 Å². The molecule has 0 N–H and O–H groups in total. The van der Waals surface area contributed by atoms with Crippen LogP contribution in [0.2, 0.25) is 0 Å². The second-order valence-electron chi connectivity index (χ2n) is 5.06. The molecule has 0 spiro atoms. The largest absolute Gasteiger partial charge is 0.304 e. The quantitative estimate of drug-likeness (QED) is 0.436. The molecule has 0 radical (unpaired) electrons. The van der Waals surface area contributed by atoms with Crippen LogP contribution < -0.4 is 0 Å². The van der Waals surface area contributed by atoms with Crippen molar-refractivity contribution in [3.05, 3.63) is 69.5 Å². The fourth-order valence-electron chi connectivity index (χ4n) is 1.90. The van der Waals surface area contributed by atoms with Gasteiger partial charge in [-0.3, -0.25) is 10.1 Å². The van der Waals surface area contributed by atoms with Crippen LogP contribution in [0.15, 0.2) is 47.4 Å². The standard InChI is InChI=1S/C16H16FNO2S/c1-11(2)13-4-6-14(7-5-13)21-10-12-3-8-16(18(19)20)15(17)9-12/h3-9,11H,10H2,1-2H3. The Morgan fingerprint density at radius 1 is 1.19 bits per heavy atom. The molecule has 2 aromatic rings. The number of hydrogen-bond donors (Lipinski definition) is 0. The lowest BCUT2D eigenvalue weighted by Crippen LogP contribution is -1.93. The third kappa shape index (κ3) is 4.04. The molecule has 2 aromatic carbocycles. The molecule has 0 bridgehead atoms. The highest BCUT2D eigenvalue weighted by atomic mass is 32.2. The van der Waals surface area contributed by atoms with Gasteiger partial charge in [-0.05, 0) is 35.2 Å². The number of nitrogens with zero attached hydrogens (tertiary/aromatic N) is 1. The van der Waals surface area contributed by atoms with E-state index in [1.54, 1.807) is 17.8 Å². The van der Waals surface area contributed by atoms with Crippen LogP contribution in [0.4, 0.5) is 10.1 Å². The van der Waals surface area contributed by atoms with Crippen molar-refractivity contribution in [2.45, 2.75) is 30.4 Å². The van der Waals surface area contributed by atoms with Crippen molar-refractivity contribution < 1.29 is 9.31 Å². The Bertz CT molecular complexity index is 641. The topological polar surface area (TPSA) is 43.1 Å². The van der Waals surface area contributed by atoms with E-state index < -0.39 is 16.4 Å².